The Labute approximate surface area is 143 Å². The molecule has 4 rings (SSSR count). The van der Waals surface area contributed by atoms with Crippen molar-refractivity contribution < 1.29 is 0 Å². The number of aryl methyl sites for hydroxylation is 1. The number of para-hydroxylation sites is 2. The van der Waals surface area contributed by atoms with E-state index in [1.54, 1.807) is 0 Å². The van der Waals surface area contributed by atoms with Gasteiger partial charge in [0, 0.05) is 39.8 Å². The second-order valence-electron chi connectivity index (χ2n) is 6.61. The molecule has 1 aliphatic heterocycles. The van der Waals surface area contributed by atoms with E-state index in [0.29, 0.717) is 0 Å². The molecule has 4 heteroatoms. The summed E-state index contributed by atoms with van der Waals surface area (Å²) in [6, 6.07) is 19.1. The lowest BCUT2D eigenvalue weighted by Crippen LogP contribution is -2.45. The van der Waals surface area contributed by atoms with Crippen molar-refractivity contribution in [3.63, 3.8) is 0 Å². The standard InChI is InChI=1S/C20H24N4/c1-22-19-10-6-5-9-18(19)21-20(22)16-24-13-11-23(12-14-24)15-17-7-3-2-4-8-17/h2-10H,11-16H2,1H3. The number of hydrogen-bond donors (Lipinski definition) is 0. The maximum atomic E-state index is 4.80. The van der Waals surface area contributed by atoms with E-state index in [4.69, 9.17) is 4.98 Å². The minimum absolute atomic E-state index is 0.935. The summed E-state index contributed by atoms with van der Waals surface area (Å²) < 4.78 is 2.23. The highest BCUT2D eigenvalue weighted by molar-refractivity contribution is 5.75. The van der Waals surface area contributed by atoms with Crippen LogP contribution in [0.5, 0.6) is 0 Å². The lowest BCUT2D eigenvalue weighted by molar-refractivity contribution is 0.119. The summed E-state index contributed by atoms with van der Waals surface area (Å²) in [5, 5.41) is 0. The summed E-state index contributed by atoms with van der Waals surface area (Å²) in [5.41, 5.74) is 3.72. The lowest BCUT2D eigenvalue weighted by Gasteiger charge is -2.34. The minimum Gasteiger partial charge on any atom is -0.330 e. The predicted molar refractivity (Wildman–Crippen MR) is 97.7 cm³/mol. The van der Waals surface area contributed by atoms with E-state index in [2.05, 4.69) is 76.0 Å². The molecular weight excluding hydrogens is 296 g/mol. The molecule has 3 aromatic rings. The molecule has 0 unspecified atom stereocenters. The van der Waals surface area contributed by atoms with Crippen molar-refractivity contribution >= 4 is 11.0 Å². The van der Waals surface area contributed by atoms with Crippen LogP contribution in [-0.4, -0.2) is 45.5 Å². The summed E-state index contributed by atoms with van der Waals surface area (Å²) in [6.45, 7) is 6.45. The molecule has 2 aromatic carbocycles. The van der Waals surface area contributed by atoms with Gasteiger partial charge in [-0.15, -0.1) is 0 Å². The van der Waals surface area contributed by atoms with Crippen molar-refractivity contribution in [3.05, 3.63) is 66.0 Å². The highest BCUT2D eigenvalue weighted by Crippen LogP contribution is 2.16. The van der Waals surface area contributed by atoms with Gasteiger partial charge in [0.1, 0.15) is 5.82 Å². The topological polar surface area (TPSA) is 24.3 Å². The van der Waals surface area contributed by atoms with Gasteiger partial charge in [-0.05, 0) is 17.7 Å². The Bertz CT molecular complexity index is 801. The molecule has 124 valence electrons. The van der Waals surface area contributed by atoms with Crippen molar-refractivity contribution in [2.75, 3.05) is 26.2 Å². The second-order valence-corrected chi connectivity index (χ2v) is 6.61. The Morgan fingerprint density at radius 1 is 0.792 bits per heavy atom. The van der Waals surface area contributed by atoms with Crippen LogP contribution in [0.4, 0.5) is 0 Å². The van der Waals surface area contributed by atoms with Crippen molar-refractivity contribution in [1.82, 2.24) is 19.4 Å². The van der Waals surface area contributed by atoms with E-state index in [1.807, 2.05) is 0 Å². The molecule has 2 heterocycles. The normalized spacial score (nSPS) is 16.7. The summed E-state index contributed by atoms with van der Waals surface area (Å²) in [6.07, 6.45) is 0. The number of hydrogen-bond acceptors (Lipinski definition) is 3. The van der Waals surface area contributed by atoms with Gasteiger partial charge in [-0.1, -0.05) is 42.5 Å². The molecule has 0 saturated carbocycles. The second kappa shape index (κ2) is 6.75. The third kappa shape index (κ3) is 3.21. The Morgan fingerprint density at radius 2 is 1.42 bits per heavy atom. The fraction of sp³-hybridized carbons (Fsp3) is 0.350. The fourth-order valence-electron chi connectivity index (χ4n) is 3.48. The molecule has 4 nitrogen and oxygen atoms in total. The van der Waals surface area contributed by atoms with Crippen LogP contribution in [0.15, 0.2) is 54.6 Å². The van der Waals surface area contributed by atoms with Crippen molar-refractivity contribution in [1.29, 1.82) is 0 Å². The van der Waals surface area contributed by atoms with Gasteiger partial charge in [-0.25, -0.2) is 4.98 Å². The SMILES string of the molecule is Cn1c(CN2CCN(Cc3ccccc3)CC2)nc2ccccc21. The monoisotopic (exact) mass is 320 g/mol. The summed E-state index contributed by atoms with van der Waals surface area (Å²) in [4.78, 5) is 9.86. The third-order valence-electron chi connectivity index (χ3n) is 4.96. The number of rotatable bonds is 4. The lowest BCUT2D eigenvalue weighted by atomic mass is 10.2. The molecule has 0 bridgehead atoms. The number of benzene rings is 2. The van der Waals surface area contributed by atoms with E-state index in [-0.39, 0.29) is 0 Å². The van der Waals surface area contributed by atoms with Gasteiger partial charge >= 0.3 is 0 Å². The molecule has 0 aliphatic carbocycles. The van der Waals surface area contributed by atoms with Gasteiger partial charge in [0.05, 0.1) is 17.6 Å². The van der Waals surface area contributed by atoms with Crippen LogP contribution in [0.25, 0.3) is 11.0 Å². The molecule has 1 fully saturated rings. The summed E-state index contributed by atoms with van der Waals surface area (Å²) in [7, 11) is 2.12. The molecule has 0 amide bonds. The molecule has 1 aromatic heterocycles. The van der Waals surface area contributed by atoms with Gasteiger partial charge in [0.15, 0.2) is 0 Å². The molecule has 0 N–H and O–H groups in total. The molecular formula is C20H24N4. The van der Waals surface area contributed by atoms with E-state index in [1.165, 1.54) is 11.1 Å². The average molecular weight is 320 g/mol. The molecule has 1 saturated heterocycles. The third-order valence-corrected chi connectivity index (χ3v) is 4.96. The Morgan fingerprint density at radius 3 is 2.12 bits per heavy atom. The maximum Gasteiger partial charge on any atom is 0.123 e. The highest BCUT2D eigenvalue weighted by atomic mass is 15.3. The Hall–Kier alpha value is -2.17. The molecule has 0 spiro atoms. The van der Waals surface area contributed by atoms with Crippen LogP contribution in [0.3, 0.4) is 0 Å². The minimum atomic E-state index is 0.935. The number of imidazole rings is 1. The smallest absolute Gasteiger partial charge is 0.123 e. The molecule has 0 radical (unpaired) electrons. The van der Waals surface area contributed by atoms with Crippen LogP contribution in [0, 0.1) is 0 Å². The molecule has 1 aliphatic rings. The molecule has 24 heavy (non-hydrogen) atoms. The van der Waals surface area contributed by atoms with Crippen molar-refractivity contribution in [2.45, 2.75) is 13.1 Å². The quantitative estimate of drug-likeness (QED) is 0.739. The van der Waals surface area contributed by atoms with Gasteiger partial charge in [0.25, 0.3) is 0 Å². The Kier molecular flexibility index (Phi) is 4.32. The van der Waals surface area contributed by atoms with Gasteiger partial charge in [0.2, 0.25) is 0 Å². The Balaban J connectivity index is 1.36. The number of aromatic nitrogens is 2. The summed E-state index contributed by atoms with van der Waals surface area (Å²) in [5.74, 6) is 1.16. The number of piperazine rings is 1. The zero-order valence-electron chi connectivity index (χ0n) is 14.2. The van der Waals surface area contributed by atoms with Gasteiger partial charge < -0.3 is 4.57 Å². The van der Waals surface area contributed by atoms with Gasteiger partial charge in [-0.3, -0.25) is 9.80 Å². The van der Waals surface area contributed by atoms with Crippen LogP contribution < -0.4 is 0 Å². The van der Waals surface area contributed by atoms with Crippen LogP contribution in [-0.2, 0) is 20.1 Å². The predicted octanol–water partition coefficient (Wildman–Crippen LogP) is 2.89. The van der Waals surface area contributed by atoms with Crippen LogP contribution in [0.1, 0.15) is 11.4 Å². The zero-order chi connectivity index (χ0) is 16.4. The first kappa shape index (κ1) is 15.4. The summed E-state index contributed by atoms with van der Waals surface area (Å²) >= 11 is 0. The van der Waals surface area contributed by atoms with Crippen LogP contribution >= 0.6 is 0 Å². The molecule has 0 atom stereocenters. The first-order valence-electron chi connectivity index (χ1n) is 8.68. The zero-order valence-corrected chi connectivity index (χ0v) is 14.2. The van der Waals surface area contributed by atoms with Gasteiger partial charge in [-0.2, -0.15) is 0 Å². The van der Waals surface area contributed by atoms with E-state index >= 15 is 0 Å². The van der Waals surface area contributed by atoms with E-state index in [9.17, 15) is 0 Å². The number of fused-ring (bicyclic) bond motifs is 1. The largest absolute Gasteiger partial charge is 0.330 e. The average Bonchev–Trinajstić information content (AvgIpc) is 2.94. The van der Waals surface area contributed by atoms with Crippen LogP contribution in [0.2, 0.25) is 0 Å². The fourth-order valence-corrected chi connectivity index (χ4v) is 3.48. The first-order valence-corrected chi connectivity index (χ1v) is 8.68. The first-order chi connectivity index (χ1) is 11.8. The maximum absolute atomic E-state index is 4.80. The van der Waals surface area contributed by atoms with Crippen molar-refractivity contribution in [2.24, 2.45) is 7.05 Å². The van der Waals surface area contributed by atoms with Crippen molar-refractivity contribution in [3.8, 4) is 0 Å². The van der Waals surface area contributed by atoms with E-state index in [0.717, 1.165) is 50.6 Å². The van der Waals surface area contributed by atoms with E-state index < -0.39 is 0 Å². The highest BCUT2D eigenvalue weighted by Gasteiger charge is 2.19. The number of nitrogens with zero attached hydrogens (tertiary/aromatic N) is 4.